The van der Waals surface area contributed by atoms with Crippen LogP contribution in [0.1, 0.15) is 25.8 Å². The van der Waals surface area contributed by atoms with Crippen LogP contribution in [0.3, 0.4) is 0 Å². The van der Waals surface area contributed by atoms with Gasteiger partial charge in [-0.15, -0.1) is 11.3 Å². The van der Waals surface area contributed by atoms with Crippen LogP contribution in [-0.4, -0.2) is 15.3 Å². The molecule has 0 aliphatic carbocycles. The van der Waals surface area contributed by atoms with E-state index in [1.165, 1.54) is 27.5 Å². The number of thiazole rings is 1. The lowest BCUT2D eigenvalue weighted by atomic mass is 10.1. The number of hydrogen-bond donors (Lipinski definition) is 0. The molecule has 0 N–H and O–H groups in total. The van der Waals surface area contributed by atoms with Gasteiger partial charge >= 0.3 is 0 Å². The largest absolute Gasteiger partial charge is 0.307 e. The number of Topliss-reactive ketones (excluding diaryl/α,β-unsaturated/α-hetero) is 1. The summed E-state index contributed by atoms with van der Waals surface area (Å²) in [6, 6.07) is 13.1. The summed E-state index contributed by atoms with van der Waals surface area (Å²) in [7, 11) is 0. The zero-order chi connectivity index (χ0) is 16.9. The van der Waals surface area contributed by atoms with Gasteiger partial charge in [-0.1, -0.05) is 43.0 Å². The third-order valence-electron chi connectivity index (χ3n) is 3.57. The first-order chi connectivity index (χ1) is 11.7. The monoisotopic (exact) mass is 336 g/mol. The highest BCUT2D eigenvalue weighted by Crippen LogP contribution is 2.18. The van der Waals surface area contributed by atoms with Gasteiger partial charge in [0.05, 0.1) is 6.54 Å². The molecule has 5 heteroatoms. The van der Waals surface area contributed by atoms with E-state index in [4.69, 9.17) is 0 Å². The van der Waals surface area contributed by atoms with Gasteiger partial charge in [-0.3, -0.25) is 9.59 Å². The highest BCUT2D eigenvalue weighted by Gasteiger charge is 2.13. The first kappa shape index (κ1) is 16.1. The maximum absolute atomic E-state index is 12.4. The number of benzene rings is 1. The molecule has 0 aliphatic rings. The van der Waals surface area contributed by atoms with E-state index in [1.807, 2.05) is 30.3 Å². The first-order valence-electron chi connectivity index (χ1n) is 7.50. The van der Waals surface area contributed by atoms with Crippen LogP contribution in [-0.2, 0) is 13.0 Å². The summed E-state index contributed by atoms with van der Waals surface area (Å²) < 4.78 is 1.39. The third-order valence-corrected chi connectivity index (χ3v) is 4.61. The van der Waals surface area contributed by atoms with Crippen molar-refractivity contribution in [3.05, 3.63) is 92.8 Å². The second kappa shape index (κ2) is 7.19. The van der Waals surface area contributed by atoms with Crippen LogP contribution in [0.25, 0.3) is 6.08 Å². The minimum absolute atomic E-state index is 0.0151. The molecule has 3 aromatic rings. The number of pyridine rings is 1. The van der Waals surface area contributed by atoms with Gasteiger partial charge < -0.3 is 4.57 Å². The molecule has 0 atom stereocenters. The average Bonchev–Trinajstić information content (AvgIpc) is 3.06. The molecule has 2 heterocycles. The van der Waals surface area contributed by atoms with Gasteiger partial charge in [-0.25, -0.2) is 4.98 Å². The summed E-state index contributed by atoms with van der Waals surface area (Å²) in [6.07, 6.45) is 5.75. The lowest BCUT2D eigenvalue weighted by Gasteiger charge is -2.04. The van der Waals surface area contributed by atoms with Crippen LogP contribution < -0.4 is 5.56 Å². The van der Waals surface area contributed by atoms with Gasteiger partial charge in [-0.05, 0) is 17.2 Å². The van der Waals surface area contributed by atoms with Crippen molar-refractivity contribution in [3.8, 4) is 0 Å². The maximum Gasteiger partial charge on any atom is 0.250 e. The molecule has 0 spiro atoms. The SMILES string of the molecule is C=Cc1ccc(=O)n(CC(=O)c2ncc(Cc3ccccc3)s2)c1. The fourth-order valence-electron chi connectivity index (χ4n) is 2.33. The Kier molecular flexibility index (Phi) is 4.82. The van der Waals surface area contributed by atoms with Gasteiger partial charge in [0.15, 0.2) is 5.01 Å². The molecule has 0 saturated carbocycles. The molecule has 0 fully saturated rings. The average molecular weight is 336 g/mol. The molecule has 4 nitrogen and oxygen atoms in total. The first-order valence-corrected chi connectivity index (χ1v) is 8.32. The zero-order valence-corrected chi connectivity index (χ0v) is 13.8. The molecule has 1 aromatic carbocycles. The molecule has 24 heavy (non-hydrogen) atoms. The van der Waals surface area contributed by atoms with Crippen molar-refractivity contribution in [2.75, 3.05) is 0 Å². The van der Waals surface area contributed by atoms with Crippen LogP contribution in [0.2, 0.25) is 0 Å². The van der Waals surface area contributed by atoms with E-state index in [2.05, 4.69) is 11.6 Å². The number of nitrogens with zero attached hydrogens (tertiary/aromatic N) is 2. The fraction of sp³-hybridized carbons (Fsp3) is 0.105. The van der Waals surface area contributed by atoms with Crippen molar-refractivity contribution in [3.63, 3.8) is 0 Å². The van der Waals surface area contributed by atoms with Crippen LogP contribution >= 0.6 is 11.3 Å². The van der Waals surface area contributed by atoms with E-state index in [9.17, 15) is 9.59 Å². The van der Waals surface area contributed by atoms with Gasteiger partial charge in [-0.2, -0.15) is 0 Å². The Morgan fingerprint density at radius 3 is 2.75 bits per heavy atom. The molecule has 0 bridgehead atoms. The zero-order valence-electron chi connectivity index (χ0n) is 13.0. The second-order valence-corrected chi connectivity index (χ2v) is 6.47. The molecule has 120 valence electrons. The van der Waals surface area contributed by atoms with Crippen LogP contribution in [0, 0.1) is 0 Å². The molecule has 3 rings (SSSR count). The number of hydrogen-bond acceptors (Lipinski definition) is 4. The van der Waals surface area contributed by atoms with E-state index in [1.54, 1.807) is 24.5 Å². The van der Waals surface area contributed by atoms with E-state index in [-0.39, 0.29) is 17.9 Å². The van der Waals surface area contributed by atoms with Crippen LogP contribution in [0.4, 0.5) is 0 Å². The number of aromatic nitrogens is 2. The van der Waals surface area contributed by atoms with Crippen molar-refractivity contribution >= 4 is 23.2 Å². The quantitative estimate of drug-likeness (QED) is 0.648. The Labute approximate surface area is 143 Å². The maximum atomic E-state index is 12.4. The van der Waals surface area contributed by atoms with Crippen molar-refractivity contribution < 1.29 is 4.79 Å². The molecule has 0 unspecified atom stereocenters. The summed E-state index contributed by atoms with van der Waals surface area (Å²) in [6.45, 7) is 3.66. The Balaban J connectivity index is 1.74. The standard InChI is InChI=1S/C19H16N2O2S/c1-2-14-8-9-18(23)21(12-14)13-17(22)19-20-11-16(24-19)10-15-6-4-3-5-7-15/h2-9,11-12H,1,10,13H2. The topological polar surface area (TPSA) is 52.0 Å². The Morgan fingerprint density at radius 1 is 1.21 bits per heavy atom. The lowest BCUT2D eigenvalue weighted by Crippen LogP contribution is -2.23. The van der Waals surface area contributed by atoms with E-state index < -0.39 is 0 Å². The molecular weight excluding hydrogens is 320 g/mol. The highest BCUT2D eigenvalue weighted by molar-refractivity contribution is 7.13. The van der Waals surface area contributed by atoms with Gasteiger partial charge in [0.25, 0.3) is 5.56 Å². The summed E-state index contributed by atoms with van der Waals surface area (Å²) in [5.74, 6) is -0.164. The normalized spacial score (nSPS) is 10.5. The number of carbonyl (C=O) groups is 1. The predicted molar refractivity (Wildman–Crippen MR) is 96.5 cm³/mol. The molecule has 0 saturated heterocycles. The van der Waals surface area contributed by atoms with Gasteiger partial charge in [0.1, 0.15) is 0 Å². The molecule has 0 aliphatic heterocycles. The van der Waals surface area contributed by atoms with Crippen LogP contribution in [0.5, 0.6) is 0 Å². The van der Waals surface area contributed by atoms with Crippen LogP contribution in [0.15, 0.2) is 66.2 Å². The third kappa shape index (κ3) is 3.75. The highest BCUT2D eigenvalue weighted by atomic mass is 32.1. The van der Waals surface area contributed by atoms with Gasteiger partial charge in [0.2, 0.25) is 5.78 Å². The van der Waals surface area contributed by atoms with Crippen molar-refractivity contribution in [2.24, 2.45) is 0 Å². The fourth-order valence-corrected chi connectivity index (χ4v) is 3.21. The van der Waals surface area contributed by atoms with Crippen molar-refractivity contribution in [1.82, 2.24) is 9.55 Å². The Morgan fingerprint density at radius 2 is 2.00 bits per heavy atom. The summed E-state index contributed by atoms with van der Waals surface area (Å²) in [4.78, 5) is 29.5. The number of ketones is 1. The smallest absolute Gasteiger partial charge is 0.250 e. The summed E-state index contributed by atoms with van der Waals surface area (Å²) in [5.41, 5.74) is 1.76. The molecular formula is C19H16N2O2S. The number of carbonyl (C=O) groups excluding carboxylic acids is 1. The predicted octanol–water partition coefficient (Wildman–Crippen LogP) is 3.42. The molecule has 0 radical (unpaired) electrons. The Hall–Kier alpha value is -2.79. The summed E-state index contributed by atoms with van der Waals surface area (Å²) in [5, 5.41) is 0.428. The minimum atomic E-state index is -0.213. The van der Waals surface area contributed by atoms with Crippen molar-refractivity contribution in [2.45, 2.75) is 13.0 Å². The molecule has 2 aromatic heterocycles. The van der Waals surface area contributed by atoms with E-state index >= 15 is 0 Å². The van der Waals surface area contributed by atoms with Crippen molar-refractivity contribution in [1.29, 1.82) is 0 Å². The minimum Gasteiger partial charge on any atom is -0.307 e. The summed E-state index contributed by atoms with van der Waals surface area (Å²) >= 11 is 1.37. The van der Waals surface area contributed by atoms with E-state index in [0.29, 0.717) is 5.01 Å². The molecule has 0 amide bonds. The Bertz CT molecular complexity index is 926. The lowest BCUT2D eigenvalue weighted by molar-refractivity contribution is 0.0970. The van der Waals surface area contributed by atoms with Gasteiger partial charge in [0, 0.05) is 29.8 Å². The van der Waals surface area contributed by atoms with E-state index in [0.717, 1.165) is 16.9 Å². The second-order valence-electron chi connectivity index (χ2n) is 5.35. The number of rotatable bonds is 6.